The number of Topliss-reactive ketones (excluding diaryl/α,β-unsaturated/α-hetero) is 1. The van der Waals surface area contributed by atoms with Crippen molar-refractivity contribution in [3.8, 4) is 53.0 Å². The Kier molecular flexibility index (Phi) is 26.7. The lowest BCUT2D eigenvalue weighted by molar-refractivity contribution is 0.00711. The molecule has 13 aromatic rings. The SMILES string of the molecule is C.Cc1nnsc1C(=O)Nc1csc(-c2ccc(Br)cc2)c1C(=O)OC(C)(C)C.Cn1cnc(C(=O)Nc2csc(-c3ccc(Cl)cc3)c2C(=O)O)c1.Cn1nc(C(=O)Nc2csc(-c3ccc(Cl)cc3)c2C(=O)O)cc1-c1ccccc1.O=C(Cc1csc(-c2ccc(Cl)cc2)c1C(=O)O)c1ccco1. The van der Waals surface area contributed by atoms with Crippen molar-refractivity contribution in [2.75, 3.05) is 16.0 Å². The number of benzene rings is 5. The number of ketones is 1. The van der Waals surface area contributed by atoms with E-state index in [4.69, 9.17) is 44.0 Å². The number of rotatable bonds is 18. The fourth-order valence-electron chi connectivity index (χ4n) is 10.00. The number of ether oxygens (including phenoxy) is 1. The predicted octanol–water partition coefficient (Wildman–Crippen LogP) is 20.1. The molecule has 6 N–H and O–H groups in total. The van der Waals surface area contributed by atoms with Gasteiger partial charge in [-0.05, 0) is 145 Å². The quantitative estimate of drug-likeness (QED) is 0.0343. The standard InChI is InChI=1S/C22H16ClN3O3S.C19H18BrN3O3S2.C17H11ClO4S.C16H12ClN3O3S.CH4/c1-26-18(13-5-3-2-4-6-13)11-16(25-26)21(27)24-17-12-30-20(19(17)22(28)29)14-7-9-15(23)10-8-14;1-10-15(28-23-22-10)17(24)21-13-9-27-16(11-5-7-12(20)8-6-11)14(13)18(25)26-19(2,3)4;18-12-5-3-10(4-6-12)16-15(17(20)21)11(9-23-16)8-13(19)14-2-1-7-22-14;1-20-6-11(18-8-20)15(21)19-12-7-24-14(13(12)16(22)23)9-2-4-10(17)5-3-9;/h2-12H,1H3,(H,24,27)(H,28,29);5-9H,1-4H3,(H,21,24);1-7,9H,8H2,(H,20,21);2-8H,1H3,(H,19,21)(H,22,23);1H4. The van der Waals surface area contributed by atoms with E-state index in [0.717, 1.165) is 48.8 Å². The first-order valence-corrected chi connectivity index (χ1v) is 37.1. The molecule has 3 amide bonds. The van der Waals surface area contributed by atoms with Crippen LogP contribution in [0.15, 0.2) is 195 Å². The fraction of sp³-hybridized carbons (Fsp3) is 0.120. The average Bonchev–Trinajstić information content (AvgIpc) is 1.68. The Morgan fingerprint density at radius 1 is 0.566 bits per heavy atom. The number of aryl methyl sites for hydroxylation is 3. The molecule has 0 atom stereocenters. The zero-order chi connectivity index (χ0) is 75.4. The second kappa shape index (κ2) is 35.5. The number of amides is 3. The third-order valence-corrected chi connectivity index (χ3v) is 21.1. The Bertz CT molecular complexity index is 5330. The molecular formula is C75H61BrCl3N9O13S5. The number of nitrogens with zero attached hydrogens (tertiary/aromatic N) is 6. The van der Waals surface area contributed by atoms with Crippen LogP contribution >= 0.6 is 108 Å². The maximum atomic E-state index is 12.9. The molecule has 13 rings (SSSR count). The summed E-state index contributed by atoms with van der Waals surface area (Å²) in [7, 11) is 3.50. The van der Waals surface area contributed by atoms with Gasteiger partial charge in [0, 0.05) is 67.3 Å². The lowest BCUT2D eigenvalue weighted by Crippen LogP contribution is -2.25. The number of hydrogen-bond acceptors (Lipinski definition) is 19. The first kappa shape index (κ1) is 79.6. The number of aromatic carboxylic acids is 3. The van der Waals surface area contributed by atoms with Crippen LogP contribution in [0.2, 0.25) is 15.1 Å². The largest absolute Gasteiger partial charge is 0.478 e. The second-order valence-corrected chi connectivity index (χ2v) is 29.9. The van der Waals surface area contributed by atoms with E-state index in [1.807, 2.05) is 54.6 Å². The van der Waals surface area contributed by atoms with Gasteiger partial charge in [-0.3, -0.25) is 23.9 Å². The molecule has 0 spiro atoms. The van der Waals surface area contributed by atoms with E-state index in [1.165, 1.54) is 57.9 Å². The number of carboxylic acid groups (broad SMARTS) is 3. The maximum absolute atomic E-state index is 12.9. The molecule has 31 heteroatoms. The summed E-state index contributed by atoms with van der Waals surface area (Å²) < 4.78 is 18.6. The Labute approximate surface area is 649 Å². The number of carbonyl (C=O) groups excluding carboxylic acids is 5. The third-order valence-electron chi connectivity index (χ3n) is 14.8. The van der Waals surface area contributed by atoms with Gasteiger partial charge in [-0.25, -0.2) is 24.2 Å². The van der Waals surface area contributed by atoms with Gasteiger partial charge >= 0.3 is 23.9 Å². The molecule has 0 aliphatic carbocycles. The van der Waals surface area contributed by atoms with Crippen LogP contribution in [-0.2, 0) is 25.3 Å². The molecule has 106 heavy (non-hydrogen) atoms. The van der Waals surface area contributed by atoms with Crippen molar-refractivity contribution in [1.29, 1.82) is 0 Å². The van der Waals surface area contributed by atoms with Crippen molar-refractivity contribution in [2.24, 2.45) is 14.1 Å². The van der Waals surface area contributed by atoms with E-state index in [1.54, 1.807) is 170 Å². The predicted molar refractivity (Wildman–Crippen MR) is 422 cm³/mol. The molecule has 0 saturated heterocycles. The normalized spacial score (nSPS) is 10.7. The number of halogens is 4. The Morgan fingerprint density at radius 2 is 1.02 bits per heavy atom. The molecular weight excluding hydrogens is 1580 g/mol. The first-order valence-electron chi connectivity index (χ1n) is 30.9. The van der Waals surface area contributed by atoms with Crippen molar-refractivity contribution in [3.05, 3.63) is 261 Å². The molecule has 5 aromatic carbocycles. The number of anilines is 3. The van der Waals surface area contributed by atoms with Gasteiger partial charge in [0.2, 0.25) is 5.78 Å². The zero-order valence-electron chi connectivity index (χ0n) is 55.8. The van der Waals surface area contributed by atoms with Gasteiger partial charge in [-0.1, -0.05) is 142 Å². The number of carbonyl (C=O) groups is 8. The lowest BCUT2D eigenvalue weighted by atomic mass is 10.0. The number of nitrogens with one attached hydrogen (secondary N) is 3. The van der Waals surface area contributed by atoms with Crippen molar-refractivity contribution in [3.63, 3.8) is 0 Å². The van der Waals surface area contributed by atoms with Crippen LogP contribution in [0, 0.1) is 6.92 Å². The molecule has 0 saturated carbocycles. The van der Waals surface area contributed by atoms with E-state index >= 15 is 0 Å². The van der Waals surface area contributed by atoms with E-state index in [-0.39, 0.29) is 70.8 Å². The molecule has 8 heterocycles. The summed E-state index contributed by atoms with van der Waals surface area (Å²) in [5.74, 6) is -5.09. The molecule has 542 valence electrons. The summed E-state index contributed by atoms with van der Waals surface area (Å²) in [6, 6.07) is 42.7. The van der Waals surface area contributed by atoms with Crippen LogP contribution < -0.4 is 16.0 Å². The maximum Gasteiger partial charge on any atom is 0.342 e. The highest BCUT2D eigenvalue weighted by Crippen LogP contribution is 2.41. The molecule has 0 aliphatic rings. The van der Waals surface area contributed by atoms with Crippen molar-refractivity contribution >= 4 is 172 Å². The number of esters is 1. The van der Waals surface area contributed by atoms with E-state index in [0.29, 0.717) is 62.6 Å². The Morgan fingerprint density at radius 3 is 1.46 bits per heavy atom. The molecule has 0 aliphatic heterocycles. The number of carboxylic acids is 3. The monoisotopic (exact) mass is 1640 g/mol. The van der Waals surface area contributed by atoms with Gasteiger partial charge in [-0.2, -0.15) is 5.10 Å². The molecule has 0 bridgehead atoms. The summed E-state index contributed by atoms with van der Waals surface area (Å²) >= 11 is 27.2. The van der Waals surface area contributed by atoms with Crippen LogP contribution in [0.1, 0.15) is 122 Å². The summed E-state index contributed by atoms with van der Waals surface area (Å²) in [5, 5.41) is 53.5. The molecule has 22 nitrogen and oxygen atoms in total. The van der Waals surface area contributed by atoms with Crippen molar-refractivity contribution in [2.45, 2.75) is 47.1 Å². The number of furan rings is 1. The summed E-state index contributed by atoms with van der Waals surface area (Å²) in [5.41, 5.74) is 7.02. The van der Waals surface area contributed by atoms with Crippen LogP contribution in [0.4, 0.5) is 17.1 Å². The summed E-state index contributed by atoms with van der Waals surface area (Å²) in [6.45, 7) is 7.14. The van der Waals surface area contributed by atoms with Gasteiger partial charge in [0.15, 0.2) is 11.5 Å². The number of thiophene rings is 4. The highest BCUT2D eigenvalue weighted by Gasteiger charge is 2.30. The first-order chi connectivity index (χ1) is 50.1. The van der Waals surface area contributed by atoms with Crippen LogP contribution in [-0.4, -0.2) is 97.2 Å². The molecule has 0 unspecified atom stereocenters. The number of hydrogen-bond donors (Lipinski definition) is 6. The van der Waals surface area contributed by atoms with Crippen molar-refractivity contribution in [1.82, 2.24) is 28.9 Å². The molecule has 0 fully saturated rings. The van der Waals surface area contributed by atoms with Gasteiger partial charge in [0.1, 0.15) is 32.9 Å². The molecule has 8 aromatic heterocycles. The second-order valence-electron chi connectivity index (χ2n) is 23.4. The minimum absolute atomic E-state index is 0. The third kappa shape index (κ3) is 19.9. The van der Waals surface area contributed by atoms with Gasteiger partial charge in [-0.15, -0.1) is 50.4 Å². The topological polar surface area (TPSA) is 317 Å². The molecule has 0 radical (unpaired) electrons. The van der Waals surface area contributed by atoms with Gasteiger partial charge in [0.25, 0.3) is 17.7 Å². The van der Waals surface area contributed by atoms with E-state index < -0.39 is 41.3 Å². The highest BCUT2D eigenvalue weighted by atomic mass is 79.9. The Balaban J connectivity index is 0.000000164. The van der Waals surface area contributed by atoms with E-state index in [2.05, 4.69) is 51.5 Å². The van der Waals surface area contributed by atoms with Crippen molar-refractivity contribution < 1.29 is 62.8 Å². The number of imidazole rings is 1. The van der Waals surface area contributed by atoms with Gasteiger partial charge < -0.3 is 45.0 Å². The smallest absolute Gasteiger partial charge is 0.342 e. The van der Waals surface area contributed by atoms with Crippen LogP contribution in [0.25, 0.3) is 53.0 Å². The van der Waals surface area contributed by atoms with Crippen LogP contribution in [0.5, 0.6) is 0 Å². The summed E-state index contributed by atoms with van der Waals surface area (Å²) in [4.78, 5) is 105. The van der Waals surface area contributed by atoms with E-state index in [9.17, 15) is 53.7 Å². The fourth-order valence-corrected chi connectivity index (χ4v) is 15.3. The van der Waals surface area contributed by atoms with Crippen LogP contribution in [0.3, 0.4) is 0 Å². The Hall–Kier alpha value is -10.5. The summed E-state index contributed by atoms with van der Waals surface area (Å²) in [6.07, 6.45) is 4.46. The average molecular weight is 1640 g/mol. The number of aromatic nitrogens is 6. The highest BCUT2D eigenvalue weighted by molar-refractivity contribution is 9.10. The zero-order valence-corrected chi connectivity index (χ0v) is 63.7. The minimum Gasteiger partial charge on any atom is -0.478 e. The minimum atomic E-state index is -1.12. The van der Waals surface area contributed by atoms with Gasteiger partial charge in [0.05, 0.1) is 61.2 Å². The lowest BCUT2D eigenvalue weighted by Gasteiger charge is -2.20.